The highest BCUT2D eigenvalue weighted by atomic mass is 32.1. The van der Waals surface area contributed by atoms with Gasteiger partial charge in [-0.2, -0.15) is 0 Å². The Labute approximate surface area is 92.6 Å². The maximum absolute atomic E-state index is 7.71. The van der Waals surface area contributed by atoms with Crippen LogP contribution in [0.2, 0.25) is 0 Å². The third kappa shape index (κ3) is 1.59. The van der Waals surface area contributed by atoms with E-state index < -0.39 is 0 Å². The van der Waals surface area contributed by atoms with Crippen molar-refractivity contribution < 1.29 is 0 Å². The highest BCUT2D eigenvalue weighted by Crippen LogP contribution is 2.31. The topological polar surface area (TPSA) is 47.7 Å². The van der Waals surface area contributed by atoms with Gasteiger partial charge in [0, 0.05) is 22.2 Å². The van der Waals surface area contributed by atoms with Gasteiger partial charge in [0.2, 0.25) is 0 Å². The van der Waals surface area contributed by atoms with Crippen molar-refractivity contribution >= 4 is 33.5 Å². The minimum absolute atomic E-state index is 0.573. The van der Waals surface area contributed by atoms with Crippen LogP contribution in [-0.4, -0.2) is 11.4 Å². The molecule has 0 aliphatic heterocycles. The lowest BCUT2D eigenvalue weighted by Gasteiger charge is -1.94. The average Bonchev–Trinajstić information content (AvgIpc) is 2.56. The van der Waals surface area contributed by atoms with Gasteiger partial charge in [-0.3, -0.25) is 0 Å². The van der Waals surface area contributed by atoms with Gasteiger partial charge in [-0.15, -0.1) is 11.3 Å². The van der Waals surface area contributed by atoms with Crippen LogP contribution in [0.25, 0.3) is 10.8 Å². The molecular formula is C12H12N2S. The summed E-state index contributed by atoms with van der Waals surface area (Å²) in [5, 5.41) is 17.6. The van der Waals surface area contributed by atoms with Gasteiger partial charge in [0.15, 0.2) is 0 Å². The summed E-state index contributed by atoms with van der Waals surface area (Å²) in [5.41, 5.74) is 1.15. The molecule has 2 N–H and O–H groups in total. The quantitative estimate of drug-likeness (QED) is 0.719. The van der Waals surface area contributed by atoms with Crippen molar-refractivity contribution in [3.63, 3.8) is 0 Å². The molecular weight excluding hydrogens is 204 g/mol. The van der Waals surface area contributed by atoms with Gasteiger partial charge in [-0.1, -0.05) is 24.3 Å². The van der Waals surface area contributed by atoms with Gasteiger partial charge in [0.1, 0.15) is 0 Å². The molecule has 0 spiro atoms. The molecule has 0 aliphatic carbocycles. The van der Waals surface area contributed by atoms with E-state index in [9.17, 15) is 0 Å². The summed E-state index contributed by atoms with van der Waals surface area (Å²) in [4.78, 5) is 1.96. The molecule has 76 valence electrons. The van der Waals surface area contributed by atoms with Gasteiger partial charge in [-0.05, 0) is 13.8 Å². The lowest BCUT2D eigenvalue weighted by atomic mass is 10.1. The van der Waals surface area contributed by atoms with Crippen LogP contribution >= 0.6 is 11.3 Å². The first kappa shape index (κ1) is 10.1. The Hall–Kier alpha value is -1.48. The minimum atomic E-state index is 0.573. The zero-order valence-electron chi connectivity index (χ0n) is 8.72. The fourth-order valence-corrected chi connectivity index (χ4v) is 2.73. The van der Waals surface area contributed by atoms with E-state index in [0.717, 1.165) is 20.5 Å². The highest BCUT2D eigenvalue weighted by Gasteiger charge is 2.12. The fraction of sp³-hybridized carbons (Fsp3) is 0.167. The van der Waals surface area contributed by atoms with Crippen molar-refractivity contribution in [2.75, 3.05) is 0 Å². The number of hydrogen-bond donors (Lipinski definition) is 2. The predicted molar refractivity (Wildman–Crippen MR) is 66.8 cm³/mol. The van der Waals surface area contributed by atoms with E-state index in [0.29, 0.717) is 11.4 Å². The molecule has 0 fully saturated rings. The second-order valence-corrected chi connectivity index (χ2v) is 4.58. The summed E-state index contributed by atoms with van der Waals surface area (Å²) < 4.78 is 0. The summed E-state index contributed by atoms with van der Waals surface area (Å²) in [6, 6.07) is 7.99. The zero-order valence-corrected chi connectivity index (χ0v) is 9.53. The van der Waals surface area contributed by atoms with Crippen molar-refractivity contribution in [3.8, 4) is 0 Å². The Morgan fingerprint density at radius 3 is 1.67 bits per heavy atom. The third-order valence-electron chi connectivity index (χ3n) is 2.30. The van der Waals surface area contributed by atoms with Gasteiger partial charge >= 0.3 is 0 Å². The molecule has 0 unspecified atom stereocenters. The predicted octanol–water partition coefficient (Wildman–Crippen LogP) is 3.68. The summed E-state index contributed by atoms with van der Waals surface area (Å²) in [6.07, 6.45) is 0. The Bertz CT molecular complexity index is 504. The van der Waals surface area contributed by atoms with Gasteiger partial charge in [-0.25, -0.2) is 0 Å². The van der Waals surface area contributed by atoms with Crippen molar-refractivity contribution in [1.29, 1.82) is 10.8 Å². The Kier molecular flexibility index (Phi) is 2.40. The molecule has 3 heteroatoms. The first-order valence-electron chi connectivity index (χ1n) is 4.74. The fourth-order valence-electron chi connectivity index (χ4n) is 1.65. The van der Waals surface area contributed by atoms with Gasteiger partial charge in [0.25, 0.3) is 0 Å². The van der Waals surface area contributed by atoms with E-state index >= 15 is 0 Å². The lowest BCUT2D eigenvalue weighted by molar-refractivity contribution is 1.49. The molecule has 0 aliphatic rings. The Morgan fingerprint density at radius 2 is 1.33 bits per heavy atom. The second-order valence-electron chi connectivity index (χ2n) is 3.56. The summed E-state index contributed by atoms with van der Waals surface area (Å²) in [5.74, 6) is 0. The van der Waals surface area contributed by atoms with Gasteiger partial charge in [0.05, 0.1) is 9.75 Å². The van der Waals surface area contributed by atoms with Crippen molar-refractivity contribution in [3.05, 3.63) is 34.0 Å². The van der Waals surface area contributed by atoms with E-state index in [1.54, 1.807) is 13.8 Å². The highest BCUT2D eigenvalue weighted by molar-refractivity contribution is 7.18. The van der Waals surface area contributed by atoms with Crippen LogP contribution in [0.5, 0.6) is 0 Å². The van der Waals surface area contributed by atoms with E-state index in [1.807, 2.05) is 24.3 Å². The van der Waals surface area contributed by atoms with Crippen molar-refractivity contribution in [1.82, 2.24) is 0 Å². The number of hydrogen-bond acceptors (Lipinski definition) is 3. The molecule has 1 heterocycles. The molecule has 2 aromatic rings. The van der Waals surface area contributed by atoms with Crippen LogP contribution < -0.4 is 0 Å². The molecule has 1 aromatic carbocycles. The lowest BCUT2D eigenvalue weighted by Crippen LogP contribution is -1.86. The molecule has 2 nitrogen and oxygen atoms in total. The summed E-state index contributed by atoms with van der Waals surface area (Å²) in [7, 11) is 0. The standard InChI is InChI=1S/C12H12N2S/c1-7(13)11-9-5-3-4-6-10(9)12(15-11)8(2)14/h3-6,13-14H,1-2H3. The van der Waals surface area contributed by atoms with E-state index in [4.69, 9.17) is 10.8 Å². The molecule has 0 saturated heterocycles. The second kappa shape index (κ2) is 3.59. The van der Waals surface area contributed by atoms with E-state index in [-0.39, 0.29) is 0 Å². The van der Waals surface area contributed by atoms with Crippen molar-refractivity contribution in [2.45, 2.75) is 13.8 Å². The maximum atomic E-state index is 7.71. The first-order chi connectivity index (χ1) is 7.11. The monoisotopic (exact) mass is 216 g/mol. The number of benzene rings is 1. The van der Waals surface area contributed by atoms with Crippen LogP contribution in [0.3, 0.4) is 0 Å². The smallest absolute Gasteiger partial charge is 0.0561 e. The Morgan fingerprint density at radius 1 is 0.933 bits per heavy atom. The van der Waals surface area contributed by atoms with E-state index in [1.165, 1.54) is 11.3 Å². The van der Waals surface area contributed by atoms with E-state index in [2.05, 4.69) is 0 Å². The zero-order chi connectivity index (χ0) is 11.0. The molecule has 0 saturated carbocycles. The molecule has 0 atom stereocenters. The SMILES string of the molecule is CC(=N)c1sc(C(C)=N)c2ccccc12. The largest absolute Gasteiger partial charge is 0.304 e. The van der Waals surface area contributed by atoms with Crippen LogP contribution in [-0.2, 0) is 0 Å². The number of thiophene rings is 1. The van der Waals surface area contributed by atoms with Crippen LogP contribution in [0.4, 0.5) is 0 Å². The van der Waals surface area contributed by atoms with Crippen LogP contribution in [0.15, 0.2) is 24.3 Å². The molecule has 15 heavy (non-hydrogen) atoms. The number of fused-ring (bicyclic) bond motifs is 1. The van der Waals surface area contributed by atoms with Gasteiger partial charge < -0.3 is 10.8 Å². The summed E-state index contributed by atoms with van der Waals surface area (Å²) in [6.45, 7) is 3.59. The molecule has 2 rings (SSSR count). The van der Waals surface area contributed by atoms with Crippen LogP contribution in [0.1, 0.15) is 23.6 Å². The number of rotatable bonds is 2. The molecule has 1 aromatic heterocycles. The Balaban J connectivity index is 2.85. The first-order valence-corrected chi connectivity index (χ1v) is 5.55. The number of nitrogens with one attached hydrogen (secondary N) is 2. The normalized spacial score (nSPS) is 10.5. The van der Waals surface area contributed by atoms with Crippen LogP contribution in [0, 0.1) is 10.8 Å². The summed E-state index contributed by atoms with van der Waals surface area (Å²) >= 11 is 1.54. The average molecular weight is 216 g/mol. The van der Waals surface area contributed by atoms with Crippen molar-refractivity contribution in [2.24, 2.45) is 0 Å². The molecule has 0 amide bonds. The minimum Gasteiger partial charge on any atom is -0.304 e. The molecule has 0 bridgehead atoms. The third-order valence-corrected chi connectivity index (χ3v) is 3.76. The maximum Gasteiger partial charge on any atom is 0.0561 e. The molecule has 0 radical (unpaired) electrons.